The third-order valence-electron chi connectivity index (χ3n) is 3.20. The maximum absolute atomic E-state index is 6.09. The van der Waals surface area contributed by atoms with E-state index in [-0.39, 0.29) is 5.54 Å². The lowest BCUT2D eigenvalue weighted by molar-refractivity contribution is 0.357. The first-order valence-corrected chi connectivity index (χ1v) is 5.29. The highest BCUT2D eigenvalue weighted by Crippen LogP contribution is 2.36. The second-order valence-electron chi connectivity index (χ2n) is 4.58. The molecule has 1 aromatic carbocycles. The fourth-order valence-electron chi connectivity index (χ4n) is 2.09. The van der Waals surface area contributed by atoms with Crippen LogP contribution in [-0.2, 0) is 12.8 Å². The van der Waals surface area contributed by atoms with Crippen molar-refractivity contribution in [3.63, 3.8) is 0 Å². The molecule has 2 aliphatic rings. The molecule has 0 bridgehead atoms. The van der Waals surface area contributed by atoms with Crippen LogP contribution in [0.25, 0.3) is 0 Å². The lowest BCUT2D eigenvalue weighted by Crippen LogP contribution is -2.24. The lowest BCUT2D eigenvalue weighted by atomic mass is 10.0. The lowest BCUT2D eigenvalue weighted by Gasteiger charge is -2.09. The van der Waals surface area contributed by atoms with Gasteiger partial charge < -0.3 is 10.5 Å². The van der Waals surface area contributed by atoms with Gasteiger partial charge in [-0.05, 0) is 36.5 Å². The highest BCUT2D eigenvalue weighted by Gasteiger charge is 2.38. The van der Waals surface area contributed by atoms with E-state index in [1.807, 2.05) is 0 Å². The third-order valence-corrected chi connectivity index (χ3v) is 3.20. The number of benzene rings is 1. The first-order chi connectivity index (χ1) is 6.75. The van der Waals surface area contributed by atoms with Crippen LogP contribution in [0.4, 0.5) is 0 Å². The van der Waals surface area contributed by atoms with Crippen LogP contribution in [0.5, 0.6) is 5.75 Å². The van der Waals surface area contributed by atoms with Crippen molar-refractivity contribution in [2.45, 2.75) is 31.2 Å². The number of rotatable bonds is 2. The van der Waals surface area contributed by atoms with E-state index in [0.717, 1.165) is 25.2 Å². The highest BCUT2D eigenvalue weighted by atomic mass is 16.5. The third kappa shape index (κ3) is 1.40. The summed E-state index contributed by atoms with van der Waals surface area (Å²) < 4.78 is 5.47. The van der Waals surface area contributed by atoms with E-state index < -0.39 is 0 Å². The molecular formula is C12H15NO. The summed E-state index contributed by atoms with van der Waals surface area (Å²) in [4.78, 5) is 0. The standard InChI is InChI=1S/C12H15NO/c13-12(4-5-12)8-9-1-2-11-10(7-9)3-6-14-11/h1-2,7H,3-6,8,13H2. The molecule has 1 heterocycles. The Bertz CT molecular complexity index is 369. The summed E-state index contributed by atoms with van der Waals surface area (Å²) >= 11 is 0. The zero-order valence-corrected chi connectivity index (χ0v) is 8.25. The SMILES string of the molecule is NC1(Cc2ccc3c(c2)CCO3)CC1. The minimum Gasteiger partial charge on any atom is -0.493 e. The summed E-state index contributed by atoms with van der Waals surface area (Å²) in [6, 6.07) is 6.50. The molecule has 2 N–H and O–H groups in total. The average Bonchev–Trinajstić information content (AvgIpc) is 2.73. The van der Waals surface area contributed by atoms with Gasteiger partial charge in [0.05, 0.1) is 6.61 Å². The average molecular weight is 189 g/mol. The summed E-state index contributed by atoms with van der Waals surface area (Å²) in [5, 5.41) is 0. The van der Waals surface area contributed by atoms with Gasteiger partial charge in [0.15, 0.2) is 0 Å². The van der Waals surface area contributed by atoms with Crippen LogP contribution < -0.4 is 10.5 Å². The summed E-state index contributed by atoms with van der Waals surface area (Å²) in [5.41, 5.74) is 8.93. The number of hydrogen-bond donors (Lipinski definition) is 1. The Morgan fingerprint density at radius 2 is 2.21 bits per heavy atom. The molecule has 0 aromatic heterocycles. The molecule has 2 nitrogen and oxygen atoms in total. The number of fused-ring (bicyclic) bond motifs is 1. The Morgan fingerprint density at radius 1 is 1.36 bits per heavy atom. The largest absolute Gasteiger partial charge is 0.493 e. The summed E-state index contributed by atoms with van der Waals surface area (Å²) in [6.45, 7) is 0.840. The topological polar surface area (TPSA) is 35.2 Å². The van der Waals surface area contributed by atoms with Gasteiger partial charge >= 0.3 is 0 Å². The normalized spacial score (nSPS) is 21.5. The van der Waals surface area contributed by atoms with Crippen molar-refractivity contribution in [1.82, 2.24) is 0 Å². The predicted molar refractivity (Wildman–Crippen MR) is 55.5 cm³/mol. The van der Waals surface area contributed by atoms with E-state index in [2.05, 4.69) is 18.2 Å². The molecule has 1 aliphatic carbocycles. The van der Waals surface area contributed by atoms with Gasteiger partial charge in [-0.25, -0.2) is 0 Å². The fraction of sp³-hybridized carbons (Fsp3) is 0.500. The van der Waals surface area contributed by atoms with E-state index in [1.165, 1.54) is 24.0 Å². The van der Waals surface area contributed by atoms with Gasteiger partial charge in [0.1, 0.15) is 5.75 Å². The Balaban J connectivity index is 1.85. The summed E-state index contributed by atoms with van der Waals surface area (Å²) in [7, 11) is 0. The molecule has 1 aliphatic heterocycles. The quantitative estimate of drug-likeness (QED) is 0.767. The summed E-state index contributed by atoms with van der Waals surface area (Å²) in [6.07, 6.45) is 4.45. The van der Waals surface area contributed by atoms with Crippen LogP contribution in [0.1, 0.15) is 24.0 Å². The molecule has 1 saturated carbocycles. The molecule has 0 unspecified atom stereocenters. The second-order valence-corrected chi connectivity index (χ2v) is 4.58. The van der Waals surface area contributed by atoms with Gasteiger partial charge in [-0.1, -0.05) is 12.1 Å². The van der Waals surface area contributed by atoms with E-state index in [9.17, 15) is 0 Å². The molecule has 14 heavy (non-hydrogen) atoms. The zero-order chi connectivity index (χ0) is 9.60. The van der Waals surface area contributed by atoms with Gasteiger partial charge in [0.2, 0.25) is 0 Å². The maximum Gasteiger partial charge on any atom is 0.122 e. The first-order valence-electron chi connectivity index (χ1n) is 5.29. The van der Waals surface area contributed by atoms with E-state index in [1.54, 1.807) is 0 Å². The van der Waals surface area contributed by atoms with Gasteiger partial charge in [-0.2, -0.15) is 0 Å². The Kier molecular flexibility index (Phi) is 1.62. The second kappa shape index (κ2) is 2.74. The van der Waals surface area contributed by atoms with Crippen LogP contribution >= 0.6 is 0 Å². The molecular weight excluding hydrogens is 174 g/mol. The molecule has 74 valence electrons. The van der Waals surface area contributed by atoms with Crippen LogP contribution in [0.3, 0.4) is 0 Å². The molecule has 1 aromatic rings. The van der Waals surface area contributed by atoms with Crippen LogP contribution in [-0.4, -0.2) is 12.1 Å². The van der Waals surface area contributed by atoms with Gasteiger partial charge in [-0.15, -0.1) is 0 Å². The monoisotopic (exact) mass is 189 g/mol. The van der Waals surface area contributed by atoms with E-state index in [4.69, 9.17) is 10.5 Å². The first kappa shape index (κ1) is 8.30. The number of hydrogen-bond acceptors (Lipinski definition) is 2. The Hall–Kier alpha value is -1.02. The van der Waals surface area contributed by atoms with Crippen molar-refractivity contribution < 1.29 is 4.74 Å². The van der Waals surface area contributed by atoms with Crippen molar-refractivity contribution in [3.05, 3.63) is 29.3 Å². The van der Waals surface area contributed by atoms with E-state index >= 15 is 0 Å². The van der Waals surface area contributed by atoms with Crippen molar-refractivity contribution >= 4 is 0 Å². The van der Waals surface area contributed by atoms with Crippen molar-refractivity contribution in [1.29, 1.82) is 0 Å². The Labute approximate surface area is 84.1 Å². The van der Waals surface area contributed by atoms with Crippen molar-refractivity contribution in [2.75, 3.05) is 6.61 Å². The smallest absolute Gasteiger partial charge is 0.122 e. The molecule has 0 atom stereocenters. The minimum absolute atomic E-state index is 0.119. The van der Waals surface area contributed by atoms with Crippen molar-refractivity contribution in [3.8, 4) is 5.75 Å². The van der Waals surface area contributed by atoms with Crippen molar-refractivity contribution in [2.24, 2.45) is 5.73 Å². The van der Waals surface area contributed by atoms with Crippen LogP contribution in [0.2, 0.25) is 0 Å². The minimum atomic E-state index is 0.119. The fourth-order valence-corrected chi connectivity index (χ4v) is 2.09. The highest BCUT2D eigenvalue weighted by molar-refractivity contribution is 5.40. The number of ether oxygens (including phenoxy) is 1. The van der Waals surface area contributed by atoms with Gasteiger partial charge in [0, 0.05) is 12.0 Å². The van der Waals surface area contributed by atoms with Crippen LogP contribution in [0, 0.1) is 0 Å². The molecule has 2 heteroatoms. The molecule has 0 amide bonds. The molecule has 0 radical (unpaired) electrons. The van der Waals surface area contributed by atoms with Gasteiger partial charge in [0.25, 0.3) is 0 Å². The molecule has 1 fully saturated rings. The molecule has 0 spiro atoms. The zero-order valence-electron chi connectivity index (χ0n) is 8.25. The predicted octanol–water partition coefficient (Wildman–Crippen LogP) is 1.66. The van der Waals surface area contributed by atoms with Gasteiger partial charge in [-0.3, -0.25) is 0 Å². The number of nitrogens with two attached hydrogens (primary N) is 1. The maximum atomic E-state index is 6.09. The van der Waals surface area contributed by atoms with E-state index in [0.29, 0.717) is 0 Å². The summed E-state index contributed by atoms with van der Waals surface area (Å²) in [5.74, 6) is 1.07. The Morgan fingerprint density at radius 3 is 3.00 bits per heavy atom. The molecule has 0 saturated heterocycles. The van der Waals surface area contributed by atoms with Crippen LogP contribution in [0.15, 0.2) is 18.2 Å². The molecule has 3 rings (SSSR count).